The van der Waals surface area contributed by atoms with Gasteiger partial charge in [-0.15, -0.1) is 0 Å². The first kappa shape index (κ1) is 18.8. The first-order valence-electron chi connectivity index (χ1n) is 11.7. The van der Waals surface area contributed by atoms with Crippen molar-refractivity contribution < 1.29 is 0 Å². The largest absolute Gasteiger partial charge is 0.332 e. The fraction of sp³-hybridized carbons (Fsp3) is 0.826. The molecule has 4 heterocycles. The van der Waals surface area contributed by atoms with E-state index in [4.69, 9.17) is 9.97 Å². The van der Waals surface area contributed by atoms with Crippen LogP contribution in [-0.2, 0) is 0 Å². The molecular formula is C23H37N5. The van der Waals surface area contributed by atoms with Gasteiger partial charge in [-0.3, -0.25) is 0 Å². The highest BCUT2D eigenvalue weighted by molar-refractivity contribution is 5.38. The van der Waals surface area contributed by atoms with Gasteiger partial charge in [-0.1, -0.05) is 6.92 Å². The maximum absolute atomic E-state index is 4.84. The van der Waals surface area contributed by atoms with Crippen LogP contribution in [0.5, 0.6) is 0 Å². The van der Waals surface area contributed by atoms with Crippen LogP contribution in [0.2, 0.25) is 0 Å². The Balaban J connectivity index is 1.18. The maximum atomic E-state index is 4.84. The van der Waals surface area contributed by atoms with E-state index in [1.807, 2.05) is 0 Å². The Morgan fingerprint density at radius 3 is 1.96 bits per heavy atom. The summed E-state index contributed by atoms with van der Waals surface area (Å²) < 4.78 is 0. The van der Waals surface area contributed by atoms with Gasteiger partial charge in [0.2, 0.25) is 5.95 Å². The van der Waals surface area contributed by atoms with Crippen LogP contribution in [0.25, 0.3) is 0 Å². The Labute approximate surface area is 170 Å². The molecule has 5 heteroatoms. The number of nitrogens with zero attached hydrogens (tertiary/aromatic N) is 5. The number of aromatic nitrogens is 2. The predicted octanol–water partition coefficient (Wildman–Crippen LogP) is 3.52. The zero-order valence-electron chi connectivity index (χ0n) is 17.8. The van der Waals surface area contributed by atoms with Crippen molar-refractivity contribution in [2.75, 3.05) is 38.1 Å². The van der Waals surface area contributed by atoms with Crippen LogP contribution < -0.4 is 4.90 Å². The van der Waals surface area contributed by atoms with Gasteiger partial charge in [-0.05, 0) is 88.9 Å². The predicted molar refractivity (Wildman–Crippen MR) is 114 cm³/mol. The molecule has 1 aliphatic carbocycles. The van der Waals surface area contributed by atoms with Gasteiger partial charge in [0.25, 0.3) is 0 Å². The number of piperidine rings is 1. The highest BCUT2D eigenvalue weighted by Crippen LogP contribution is 2.35. The molecule has 28 heavy (non-hydrogen) atoms. The molecule has 1 saturated carbocycles. The average Bonchev–Trinajstić information content (AvgIpc) is 3.00. The van der Waals surface area contributed by atoms with Gasteiger partial charge in [-0.2, -0.15) is 0 Å². The number of fused-ring (bicyclic) bond motifs is 2. The van der Waals surface area contributed by atoms with Crippen LogP contribution in [0.4, 0.5) is 5.95 Å². The molecular weight excluding hydrogens is 346 g/mol. The molecule has 1 aromatic rings. The number of piperazine rings is 1. The molecule has 0 spiro atoms. The van der Waals surface area contributed by atoms with Gasteiger partial charge in [0.1, 0.15) is 0 Å². The van der Waals surface area contributed by atoms with E-state index >= 15 is 0 Å². The van der Waals surface area contributed by atoms with Crippen molar-refractivity contribution in [1.82, 2.24) is 19.8 Å². The van der Waals surface area contributed by atoms with Gasteiger partial charge in [-0.25, -0.2) is 9.97 Å². The standard InChI is InChI=1S/C23H37N5/c1-17-3-5-20(6-4-17)27-11-9-18(10-12-27)19-13-24-23(25-14-19)28-21-7-8-22(28)16-26(2)15-21/h13-14,17-18,20-22H,3-12,15-16H2,1-2H3/t17-,20-,21?,22?. The minimum Gasteiger partial charge on any atom is -0.332 e. The summed E-state index contributed by atoms with van der Waals surface area (Å²) in [5.41, 5.74) is 1.36. The fourth-order valence-corrected chi connectivity index (χ4v) is 6.32. The second-order valence-corrected chi connectivity index (χ2v) is 10.1. The van der Waals surface area contributed by atoms with Crippen molar-refractivity contribution in [2.24, 2.45) is 5.92 Å². The summed E-state index contributed by atoms with van der Waals surface area (Å²) in [6, 6.07) is 2.07. The lowest BCUT2D eigenvalue weighted by Crippen LogP contribution is -2.53. The summed E-state index contributed by atoms with van der Waals surface area (Å²) in [6.45, 7) is 7.24. The van der Waals surface area contributed by atoms with E-state index in [1.165, 1.54) is 70.0 Å². The molecule has 2 unspecified atom stereocenters. The Bertz CT molecular complexity index is 631. The monoisotopic (exact) mass is 383 g/mol. The van der Waals surface area contributed by atoms with Gasteiger partial charge in [0.05, 0.1) is 0 Å². The van der Waals surface area contributed by atoms with Gasteiger partial charge in [0.15, 0.2) is 0 Å². The third-order valence-electron chi connectivity index (χ3n) is 8.06. The molecule has 3 saturated heterocycles. The maximum Gasteiger partial charge on any atom is 0.225 e. The van der Waals surface area contributed by atoms with Crippen LogP contribution in [0.1, 0.15) is 69.8 Å². The van der Waals surface area contributed by atoms with E-state index in [1.54, 1.807) is 0 Å². The molecule has 0 amide bonds. The van der Waals surface area contributed by atoms with E-state index in [0.717, 1.165) is 31.0 Å². The SMILES string of the molecule is CN1CC2CCC(C1)N2c1ncc(C2CCN([C@H]3CC[C@H](C)CC3)CC2)cn1. The van der Waals surface area contributed by atoms with Crippen LogP contribution in [-0.4, -0.2) is 71.1 Å². The summed E-state index contributed by atoms with van der Waals surface area (Å²) in [5, 5.41) is 0. The van der Waals surface area contributed by atoms with Gasteiger partial charge in [0, 0.05) is 43.6 Å². The molecule has 5 rings (SSSR count). The molecule has 3 aliphatic heterocycles. The number of likely N-dealkylation sites (N-methyl/N-ethyl adjacent to an activating group) is 1. The number of likely N-dealkylation sites (tertiary alicyclic amines) is 2. The number of rotatable bonds is 3. The highest BCUT2D eigenvalue weighted by Gasteiger charge is 2.40. The third-order valence-corrected chi connectivity index (χ3v) is 8.06. The summed E-state index contributed by atoms with van der Waals surface area (Å²) in [5.74, 6) is 2.56. The number of hydrogen-bond donors (Lipinski definition) is 0. The van der Waals surface area contributed by atoms with Crippen molar-refractivity contribution in [2.45, 2.75) is 82.3 Å². The van der Waals surface area contributed by atoms with E-state index in [-0.39, 0.29) is 0 Å². The second kappa shape index (κ2) is 7.91. The van der Waals surface area contributed by atoms with E-state index in [2.05, 4.69) is 41.1 Å². The zero-order valence-corrected chi connectivity index (χ0v) is 17.8. The van der Waals surface area contributed by atoms with E-state index < -0.39 is 0 Å². The summed E-state index contributed by atoms with van der Waals surface area (Å²) >= 11 is 0. The molecule has 4 fully saturated rings. The second-order valence-electron chi connectivity index (χ2n) is 10.1. The quantitative estimate of drug-likeness (QED) is 0.798. The number of anilines is 1. The molecule has 5 nitrogen and oxygen atoms in total. The molecule has 2 bridgehead atoms. The van der Waals surface area contributed by atoms with Crippen LogP contribution >= 0.6 is 0 Å². The summed E-state index contributed by atoms with van der Waals surface area (Å²) in [6.07, 6.45) is 15.1. The first-order valence-corrected chi connectivity index (χ1v) is 11.7. The zero-order chi connectivity index (χ0) is 19.1. The van der Waals surface area contributed by atoms with Crippen molar-refractivity contribution in [3.8, 4) is 0 Å². The summed E-state index contributed by atoms with van der Waals surface area (Å²) in [7, 11) is 2.24. The lowest BCUT2D eigenvalue weighted by atomic mass is 9.84. The molecule has 154 valence electrons. The number of hydrogen-bond acceptors (Lipinski definition) is 5. The Morgan fingerprint density at radius 1 is 0.786 bits per heavy atom. The highest BCUT2D eigenvalue weighted by atomic mass is 15.4. The van der Waals surface area contributed by atoms with Crippen molar-refractivity contribution in [3.05, 3.63) is 18.0 Å². The minimum atomic E-state index is 0.607. The third kappa shape index (κ3) is 3.68. The summed E-state index contributed by atoms with van der Waals surface area (Å²) in [4.78, 5) is 17.4. The van der Waals surface area contributed by atoms with E-state index in [0.29, 0.717) is 18.0 Å². The van der Waals surface area contributed by atoms with Crippen molar-refractivity contribution in [3.63, 3.8) is 0 Å². The lowest BCUT2D eigenvalue weighted by Gasteiger charge is -2.40. The molecule has 0 radical (unpaired) electrons. The molecule has 1 aromatic heterocycles. The fourth-order valence-electron chi connectivity index (χ4n) is 6.32. The Hall–Kier alpha value is -1.20. The average molecular weight is 384 g/mol. The lowest BCUT2D eigenvalue weighted by molar-refractivity contribution is 0.110. The first-order chi connectivity index (χ1) is 13.7. The van der Waals surface area contributed by atoms with Crippen molar-refractivity contribution in [1.29, 1.82) is 0 Å². The van der Waals surface area contributed by atoms with Crippen LogP contribution in [0.3, 0.4) is 0 Å². The van der Waals surface area contributed by atoms with Crippen molar-refractivity contribution >= 4 is 5.95 Å². The Kier molecular flexibility index (Phi) is 5.31. The van der Waals surface area contributed by atoms with E-state index in [9.17, 15) is 0 Å². The van der Waals surface area contributed by atoms with Crippen LogP contribution in [0.15, 0.2) is 12.4 Å². The van der Waals surface area contributed by atoms with Gasteiger partial charge < -0.3 is 14.7 Å². The molecule has 0 N–H and O–H groups in total. The van der Waals surface area contributed by atoms with Gasteiger partial charge >= 0.3 is 0 Å². The molecule has 4 aliphatic rings. The molecule has 2 atom stereocenters. The minimum absolute atomic E-state index is 0.607. The smallest absolute Gasteiger partial charge is 0.225 e. The topological polar surface area (TPSA) is 35.5 Å². The molecule has 0 aromatic carbocycles. The van der Waals surface area contributed by atoms with Crippen LogP contribution in [0, 0.1) is 5.92 Å². The normalized spacial score (nSPS) is 35.4. The Morgan fingerprint density at radius 2 is 1.36 bits per heavy atom.